The highest BCUT2D eigenvalue weighted by atomic mass is 19.1. The zero-order valence-corrected chi connectivity index (χ0v) is 10.4. The van der Waals surface area contributed by atoms with E-state index in [1.807, 2.05) is 37.3 Å². The number of rotatable bonds is 2. The Morgan fingerprint density at radius 3 is 2.89 bits per heavy atom. The third-order valence-electron chi connectivity index (χ3n) is 2.86. The zero-order chi connectivity index (χ0) is 13.2. The maximum atomic E-state index is 13.1. The van der Waals surface area contributed by atoms with Gasteiger partial charge in [0, 0.05) is 5.69 Å². The van der Waals surface area contributed by atoms with Crippen LogP contribution in [0.1, 0.15) is 17.0 Å². The lowest BCUT2D eigenvalue weighted by atomic mass is 10.2. The topological polar surface area (TPSA) is 41.6 Å². The molecular weight excluding hydrogens is 241 g/mol. The van der Waals surface area contributed by atoms with Crippen molar-refractivity contribution >= 4 is 23.2 Å². The molecule has 3 aromatic rings. The second-order valence-electron chi connectivity index (χ2n) is 4.35. The molecule has 0 amide bonds. The maximum absolute atomic E-state index is 13.1. The van der Waals surface area contributed by atoms with E-state index in [9.17, 15) is 4.39 Å². The number of pyridine rings is 1. The number of H-pyrrole nitrogens is 1. The van der Waals surface area contributed by atoms with Crippen molar-refractivity contribution in [3.05, 3.63) is 59.2 Å². The summed E-state index contributed by atoms with van der Waals surface area (Å²) in [6.45, 7) is 1.94. The number of aromatic amines is 1. The SMILES string of the molecule is Cc1ccc2[nH]nc(/C=C/c3cccc(F)c3)c2n1. The number of fused-ring (bicyclic) bond motifs is 1. The van der Waals surface area contributed by atoms with Crippen molar-refractivity contribution in [2.75, 3.05) is 0 Å². The highest BCUT2D eigenvalue weighted by molar-refractivity contribution is 5.86. The minimum Gasteiger partial charge on any atom is -0.276 e. The molecule has 0 aliphatic heterocycles. The summed E-state index contributed by atoms with van der Waals surface area (Å²) in [6.07, 6.45) is 3.66. The highest BCUT2D eigenvalue weighted by Crippen LogP contribution is 2.16. The van der Waals surface area contributed by atoms with Gasteiger partial charge in [-0.05, 0) is 42.8 Å². The molecule has 2 heterocycles. The average molecular weight is 253 g/mol. The molecule has 94 valence electrons. The summed E-state index contributed by atoms with van der Waals surface area (Å²) in [6, 6.07) is 10.3. The Kier molecular flexibility index (Phi) is 2.83. The maximum Gasteiger partial charge on any atom is 0.123 e. The minimum absolute atomic E-state index is 0.247. The van der Waals surface area contributed by atoms with Crippen LogP contribution in [0.25, 0.3) is 23.2 Å². The van der Waals surface area contributed by atoms with Gasteiger partial charge in [-0.15, -0.1) is 0 Å². The molecule has 0 saturated heterocycles. The Morgan fingerprint density at radius 2 is 2.05 bits per heavy atom. The summed E-state index contributed by atoms with van der Waals surface area (Å²) in [5.41, 5.74) is 4.21. The van der Waals surface area contributed by atoms with Crippen molar-refractivity contribution < 1.29 is 4.39 Å². The van der Waals surface area contributed by atoms with E-state index in [2.05, 4.69) is 15.2 Å². The molecule has 0 atom stereocenters. The van der Waals surface area contributed by atoms with Gasteiger partial charge < -0.3 is 0 Å². The third-order valence-corrected chi connectivity index (χ3v) is 2.86. The second kappa shape index (κ2) is 4.65. The van der Waals surface area contributed by atoms with Gasteiger partial charge >= 0.3 is 0 Å². The zero-order valence-electron chi connectivity index (χ0n) is 10.4. The van der Waals surface area contributed by atoms with Crippen LogP contribution in [0.15, 0.2) is 36.4 Å². The molecule has 0 aliphatic carbocycles. The average Bonchev–Trinajstić information content (AvgIpc) is 2.79. The predicted molar refractivity (Wildman–Crippen MR) is 74.0 cm³/mol. The van der Waals surface area contributed by atoms with Crippen LogP contribution in [0.2, 0.25) is 0 Å². The van der Waals surface area contributed by atoms with E-state index in [-0.39, 0.29) is 5.82 Å². The summed E-state index contributed by atoms with van der Waals surface area (Å²) in [4.78, 5) is 4.45. The van der Waals surface area contributed by atoms with Gasteiger partial charge in [0.2, 0.25) is 0 Å². The van der Waals surface area contributed by atoms with Crippen LogP contribution in [0, 0.1) is 12.7 Å². The van der Waals surface area contributed by atoms with Crippen molar-refractivity contribution in [2.45, 2.75) is 6.92 Å². The van der Waals surface area contributed by atoms with Gasteiger partial charge in [-0.1, -0.05) is 18.2 Å². The first-order chi connectivity index (χ1) is 9.22. The van der Waals surface area contributed by atoms with E-state index in [1.165, 1.54) is 12.1 Å². The molecule has 0 fully saturated rings. The number of nitrogens with zero attached hydrogens (tertiary/aromatic N) is 2. The van der Waals surface area contributed by atoms with E-state index < -0.39 is 0 Å². The van der Waals surface area contributed by atoms with Crippen LogP contribution in [-0.2, 0) is 0 Å². The van der Waals surface area contributed by atoms with Gasteiger partial charge in [0.15, 0.2) is 0 Å². The summed E-state index contributed by atoms with van der Waals surface area (Å²) in [5, 5.41) is 7.13. The Balaban J connectivity index is 1.99. The van der Waals surface area contributed by atoms with Crippen molar-refractivity contribution in [1.82, 2.24) is 15.2 Å². The molecule has 0 unspecified atom stereocenters. The molecule has 1 N–H and O–H groups in total. The number of halogens is 1. The van der Waals surface area contributed by atoms with E-state index in [0.29, 0.717) is 0 Å². The quantitative estimate of drug-likeness (QED) is 0.758. The van der Waals surface area contributed by atoms with Gasteiger partial charge in [-0.25, -0.2) is 9.37 Å². The van der Waals surface area contributed by atoms with Crippen LogP contribution in [0.5, 0.6) is 0 Å². The second-order valence-corrected chi connectivity index (χ2v) is 4.35. The van der Waals surface area contributed by atoms with Gasteiger partial charge in [-0.3, -0.25) is 5.10 Å². The fraction of sp³-hybridized carbons (Fsp3) is 0.0667. The molecule has 2 aromatic heterocycles. The van der Waals surface area contributed by atoms with Crippen LogP contribution in [0.3, 0.4) is 0 Å². The van der Waals surface area contributed by atoms with Crippen LogP contribution in [0.4, 0.5) is 4.39 Å². The molecule has 0 saturated carbocycles. The van der Waals surface area contributed by atoms with Gasteiger partial charge in [0.1, 0.15) is 17.0 Å². The van der Waals surface area contributed by atoms with Gasteiger partial charge in [-0.2, -0.15) is 5.10 Å². The Bertz CT molecular complexity index is 759. The summed E-state index contributed by atoms with van der Waals surface area (Å²) < 4.78 is 13.1. The Hall–Kier alpha value is -2.49. The fourth-order valence-corrected chi connectivity index (χ4v) is 1.92. The van der Waals surface area contributed by atoms with E-state index in [0.717, 1.165) is 28.0 Å². The molecule has 0 bridgehead atoms. The smallest absolute Gasteiger partial charge is 0.123 e. The molecule has 19 heavy (non-hydrogen) atoms. The first-order valence-corrected chi connectivity index (χ1v) is 5.98. The predicted octanol–water partition coefficient (Wildman–Crippen LogP) is 3.58. The van der Waals surface area contributed by atoms with Crippen LogP contribution >= 0.6 is 0 Å². The number of hydrogen-bond acceptors (Lipinski definition) is 2. The highest BCUT2D eigenvalue weighted by Gasteiger charge is 2.04. The lowest BCUT2D eigenvalue weighted by Crippen LogP contribution is -1.82. The van der Waals surface area contributed by atoms with Gasteiger partial charge in [0.05, 0.1) is 5.52 Å². The minimum atomic E-state index is -0.247. The van der Waals surface area contributed by atoms with Crippen LogP contribution in [-0.4, -0.2) is 15.2 Å². The fourth-order valence-electron chi connectivity index (χ4n) is 1.92. The largest absolute Gasteiger partial charge is 0.276 e. The number of aryl methyl sites for hydroxylation is 1. The lowest BCUT2D eigenvalue weighted by Gasteiger charge is -1.94. The first kappa shape index (κ1) is 11.6. The summed E-state index contributed by atoms with van der Waals surface area (Å²) in [7, 11) is 0. The molecule has 4 heteroatoms. The summed E-state index contributed by atoms with van der Waals surface area (Å²) >= 11 is 0. The van der Waals surface area contributed by atoms with Crippen LogP contribution < -0.4 is 0 Å². The molecule has 0 radical (unpaired) electrons. The van der Waals surface area contributed by atoms with E-state index >= 15 is 0 Å². The monoisotopic (exact) mass is 253 g/mol. The van der Waals surface area contributed by atoms with E-state index in [1.54, 1.807) is 6.07 Å². The molecular formula is C15H12FN3. The Labute approximate surface area is 109 Å². The Morgan fingerprint density at radius 1 is 1.16 bits per heavy atom. The van der Waals surface area contributed by atoms with Gasteiger partial charge in [0.25, 0.3) is 0 Å². The van der Waals surface area contributed by atoms with Crippen molar-refractivity contribution in [1.29, 1.82) is 0 Å². The molecule has 3 rings (SSSR count). The van der Waals surface area contributed by atoms with Crippen molar-refractivity contribution in [3.63, 3.8) is 0 Å². The number of benzene rings is 1. The first-order valence-electron chi connectivity index (χ1n) is 5.98. The standard InChI is InChI=1S/C15H12FN3/c1-10-5-7-13-15(17-10)14(19-18-13)8-6-11-3-2-4-12(16)9-11/h2-9H,1H3,(H,18,19)/b8-6+. The molecule has 1 aromatic carbocycles. The molecule has 3 nitrogen and oxygen atoms in total. The number of nitrogens with one attached hydrogen (secondary N) is 1. The summed E-state index contributed by atoms with van der Waals surface area (Å²) in [5.74, 6) is -0.247. The molecule has 0 aliphatic rings. The molecule has 0 spiro atoms. The van der Waals surface area contributed by atoms with Crippen molar-refractivity contribution in [2.24, 2.45) is 0 Å². The van der Waals surface area contributed by atoms with E-state index in [4.69, 9.17) is 0 Å². The third kappa shape index (κ3) is 2.38. The van der Waals surface area contributed by atoms with Crippen molar-refractivity contribution in [3.8, 4) is 0 Å². The number of aromatic nitrogens is 3. The lowest BCUT2D eigenvalue weighted by molar-refractivity contribution is 0.627. The number of hydrogen-bond donors (Lipinski definition) is 1. The normalized spacial score (nSPS) is 11.5.